The Kier molecular flexibility index (Phi) is 6.58. The van der Waals surface area contributed by atoms with Crippen LogP contribution in [0.4, 0.5) is 11.5 Å². The number of ether oxygens (including phenoxy) is 2. The van der Waals surface area contributed by atoms with E-state index in [1.807, 2.05) is 6.92 Å². The molecule has 11 heteroatoms. The van der Waals surface area contributed by atoms with Crippen LogP contribution in [0.2, 0.25) is 10.0 Å². The number of hydrogen-bond acceptors (Lipinski definition) is 8. The number of rotatable bonds is 7. The van der Waals surface area contributed by atoms with Crippen LogP contribution in [0.1, 0.15) is 41.7 Å². The minimum absolute atomic E-state index is 0.175. The van der Waals surface area contributed by atoms with Gasteiger partial charge in [0.05, 0.1) is 39.4 Å². The fraction of sp³-hybridized carbons (Fsp3) is 0.308. The summed E-state index contributed by atoms with van der Waals surface area (Å²) < 4.78 is 11.7. The Balaban J connectivity index is 1.43. The van der Waals surface area contributed by atoms with Gasteiger partial charge in [0.25, 0.3) is 0 Å². The molecule has 2 aliphatic rings. The molecule has 0 amide bonds. The number of nitrogen functional groups attached to an aromatic ring is 1. The average molecular weight is 539 g/mol. The summed E-state index contributed by atoms with van der Waals surface area (Å²) in [5, 5.41) is 20.6. The fourth-order valence-corrected chi connectivity index (χ4v) is 5.47. The molecule has 2 fully saturated rings. The monoisotopic (exact) mass is 538 g/mol. The molecule has 3 aromatic rings. The van der Waals surface area contributed by atoms with Crippen LogP contribution in [0, 0.1) is 11.3 Å². The summed E-state index contributed by atoms with van der Waals surface area (Å²) in [4.78, 5) is 10.7. The van der Waals surface area contributed by atoms with E-state index in [0.29, 0.717) is 61.0 Å². The third-order valence-electron chi connectivity index (χ3n) is 6.91. The van der Waals surface area contributed by atoms with E-state index < -0.39 is 6.10 Å². The first-order valence-electron chi connectivity index (χ1n) is 11.7. The second kappa shape index (κ2) is 9.71. The van der Waals surface area contributed by atoms with Crippen LogP contribution in [0.5, 0.6) is 11.5 Å². The molecule has 190 valence electrons. The molecule has 5 rings (SSSR count). The first kappa shape index (κ1) is 25.1. The zero-order valence-corrected chi connectivity index (χ0v) is 21.9. The van der Waals surface area contributed by atoms with Crippen LogP contribution in [0.25, 0.3) is 0 Å². The maximum atomic E-state index is 9.81. The lowest BCUT2D eigenvalue weighted by Crippen LogP contribution is -2.76. The summed E-state index contributed by atoms with van der Waals surface area (Å²) in [7, 11) is 1.52. The largest absolute Gasteiger partial charge is 0.493 e. The van der Waals surface area contributed by atoms with Crippen LogP contribution in [0.3, 0.4) is 0 Å². The number of nitrogens with one attached hydrogen (secondary N) is 1. The molecule has 1 spiro atoms. The number of pyridine rings is 2. The number of aromatic nitrogens is 2. The quantitative estimate of drug-likeness (QED) is 0.308. The molecule has 1 atom stereocenters. The van der Waals surface area contributed by atoms with Crippen LogP contribution in [-0.4, -0.2) is 48.0 Å². The molecule has 37 heavy (non-hydrogen) atoms. The number of halogens is 2. The van der Waals surface area contributed by atoms with Gasteiger partial charge in [0, 0.05) is 49.0 Å². The molecule has 4 heterocycles. The van der Waals surface area contributed by atoms with Crippen molar-refractivity contribution in [2.24, 2.45) is 0 Å². The van der Waals surface area contributed by atoms with Crippen molar-refractivity contribution in [2.75, 3.05) is 37.4 Å². The first-order chi connectivity index (χ1) is 17.7. The van der Waals surface area contributed by atoms with E-state index >= 15 is 0 Å². The molecule has 5 N–H and O–H groups in total. The Morgan fingerprint density at radius 2 is 1.92 bits per heavy atom. The molecule has 1 aromatic carbocycles. The van der Waals surface area contributed by atoms with E-state index in [-0.39, 0.29) is 5.54 Å². The van der Waals surface area contributed by atoms with Gasteiger partial charge in [-0.3, -0.25) is 10.4 Å². The van der Waals surface area contributed by atoms with Crippen LogP contribution in [-0.2, 0) is 0 Å². The van der Waals surface area contributed by atoms with E-state index in [0.717, 1.165) is 26.1 Å². The number of nitrogens with two attached hydrogens (primary N) is 2. The summed E-state index contributed by atoms with van der Waals surface area (Å²) in [6.07, 6.45) is 5.29. The van der Waals surface area contributed by atoms with Gasteiger partial charge >= 0.3 is 0 Å². The summed E-state index contributed by atoms with van der Waals surface area (Å²) in [5.74, 6) is 1.48. The zero-order chi connectivity index (χ0) is 26.3. The van der Waals surface area contributed by atoms with Gasteiger partial charge in [0.1, 0.15) is 18.0 Å². The Morgan fingerprint density at radius 3 is 2.51 bits per heavy atom. The smallest absolute Gasteiger partial charge is 0.215 e. The highest BCUT2D eigenvalue weighted by molar-refractivity contribution is 6.35. The van der Waals surface area contributed by atoms with Gasteiger partial charge in [-0.2, -0.15) is 5.26 Å². The van der Waals surface area contributed by atoms with Gasteiger partial charge in [0.15, 0.2) is 11.5 Å². The zero-order valence-electron chi connectivity index (χ0n) is 20.4. The number of methoxy groups -OCH3 is 1. The van der Waals surface area contributed by atoms with E-state index in [9.17, 15) is 5.26 Å². The van der Waals surface area contributed by atoms with Gasteiger partial charge < -0.3 is 25.4 Å². The van der Waals surface area contributed by atoms with Crippen LogP contribution >= 0.6 is 23.2 Å². The molecule has 9 nitrogen and oxygen atoms in total. The van der Waals surface area contributed by atoms with Crippen LogP contribution in [0.15, 0.2) is 36.8 Å². The lowest BCUT2D eigenvalue weighted by atomic mass is 9.80. The van der Waals surface area contributed by atoms with Crippen molar-refractivity contribution in [1.29, 1.82) is 5.26 Å². The number of benzene rings is 1. The molecule has 2 aliphatic heterocycles. The maximum absolute atomic E-state index is 9.81. The first-order valence-corrected chi connectivity index (χ1v) is 12.5. The normalized spacial score (nSPS) is 16.4. The van der Waals surface area contributed by atoms with Crippen molar-refractivity contribution >= 4 is 40.4 Å². The highest BCUT2D eigenvalue weighted by Crippen LogP contribution is 2.39. The lowest BCUT2D eigenvalue weighted by molar-refractivity contribution is -0.111. The Hall–Kier alpha value is -3.58. The van der Waals surface area contributed by atoms with E-state index in [2.05, 4.69) is 26.3 Å². The number of nitrogens with zero attached hydrogens (tertiary/aromatic N) is 4. The molecular formula is C26H26Cl2N7O2+. The second-order valence-corrected chi connectivity index (χ2v) is 10.1. The van der Waals surface area contributed by atoms with E-state index in [1.165, 1.54) is 19.5 Å². The van der Waals surface area contributed by atoms with Gasteiger partial charge in [-0.1, -0.05) is 23.2 Å². The third-order valence-corrected chi connectivity index (χ3v) is 7.52. The van der Waals surface area contributed by atoms with E-state index in [1.54, 1.807) is 24.4 Å². The maximum Gasteiger partial charge on any atom is 0.215 e. The molecule has 2 aromatic heterocycles. The average Bonchev–Trinajstić information content (AvgIpc) is 2.82. The topological polar surface area (TPSA) is 135 Å². The highest BCUT2D eigenvalue weighted by Gasteiger charge is 2.48. The van der Waals surface area contributed by atoms with Crippen LogP contribution < -0.4 is 30.8 Å². The molecular weight excluding hydrogens is 513 g/mol. The molecule has 0 unspecified atom stereocenters. The highest BCUT2D eigenvalue weighted by atomic mass is 35.5. The van der Waals surface area contributed by atoms with Gasteiger partial charge in [0.2, 0.25) is 5.71 Å². The summed E-state index contributed by atoms with van der Waals surface area (Å²) >= 11 is 12.6. The van der Waals surface area contributed by atoms with Crippen molar-refractivity contribution in [3.8, 4) is 17.6 Å². The Bertz CT molecular complexity index is 1410. The number of nitriles is 1. The minimum Gasteiger partial charge on any atom is -0.493 e. The van der Waals surface area contributed by atoms with Gasteiger partial charge in [-0.15, -0.1) is 0 Å². The predicted octanol–water partition coefficient (Wildman–Crippen LogP) is 2.53. The Morgan fingerprint density at radius 1 is 1.22 bits per heavy atom. The van der Waals surface area contributed by atoms with Crippen molar-refractivity contribution < 1.29 is 14.9 Å². The predicted molar refractivity (Wildman–Crippen MR) is 142 cm³/mol. The van der Waals surface area contributed by atoms with Crippen molar-refractivity contribution in [3.05, 3.63) is 69.1 Å². The summed E-state index contributed by atoms with van der Waals surface area (Å²) in [6, 6.07) is 7.33. The summed E-state index contributed by atoms with van der Waals surface area (Å²) in [6.45, 7) is 4.52. The fourth-order valence-electron chi connectivity index (χ4n) is 4.80. The lowest BCUT2D eigenvalue weighted by Gasteiger charge is -2.57. The standard InChI is InChI=1S/C26H25Cl2N7O2/c1-14(23-18(27)10-32-11-19(23)28)37-22-6-17(20(30)7-21(22)36-2)24(31)16-5-15(8-29)25(33-9-16)35-12-26(13-35)3-4-34-26/h5-7,9-11,14,31,34H,3-4,12-13,30H2,1-2H3/p+1/t14-/m1/s1. The Labute approximate surface area is 224 Å². The molecule has 0 saturated carbocycles. The van der Waals surface area contributed by atoms with Gasteiger partial charge in [-0.05, 0) is 32.0 Å². The van der Waals surface area contributed by atoms with Crippen molar-refractivity contribution in [3.63, 3.8) is 0 Å². The van der Waals surface area contributed by atoms with Crippen molar-refractivity contribution in [2.45, 2.75) is 25.0 Å². The number of anilines is 2. The van der Waals surface area contributed by atoms with Crippen molar-refractivity contribution in [1.82, 2.24) is 15.3 Å². The second-order valence-electron chi connectivity index (χ2n) is 9.30. The molecule has 0 bridgehead atoms. The van der Waals surface area contributed by atoms with Gasteiger partial charge in [-0.25, -0.2) is 4.98 Å². The molecule has 0 aliphatic carbocycles. The number of hydrogen-bond donors (Lipinski definition) is 3. The SMILES string of the molecule is COc1cc(N)c(C(=[NH2+])c2cnc(N3CC4(CCN4)C3)c(C#N)c2)cc1O[C@H](C)c1c(Cl)cncc1Cl. The van der Waals surface area contributed by atoms with E-state index in [4.69, 9.17) is 43.8 Å². The molecule has 2 saturated heterocycles. The summed E-state index contributed by atoms with van der Waals surface area (Å²) in [5.41, 5.74) is 9.40. The minimum atomic E-state index is -0.522. The molecule has 0 radical (unpaired) electrons. The third kappa shape index (κ3) is 4.53.